The number of rotatable bonds is 6. The molecule has 0 bridgehead atoms. The average Bonchev–Trinajstić information content (AvgIpc) is 3.34. The summed E-state index contributed by atoms with van der Waals surface area (Å²) < 4.78 is 17.5. The second-order valence-corrected chi connectivity index (χ2v) is 7.57. The van der Waals surface area contributed by atoms with E-state index in [9.17, 15) is 0 Å². The number of aliphatic imine (C=N–C) groups is 1. The summed E-state index contributed by atoms with van der Waals surface area (Å²) in [5.41, 5.74) is 2.07. The van der Waals surface area contributed by atoms with E-state index in [0.717, 1.165) is 66.1 Å². The zero-order valence-corrected chi connectivity index (χ0v) is 17.9. The Hall–Kier alpha value is -2.77. The molecule has 1 aliphatic rings. The van der Waals surface area contributed by atoms with Gasteiger partial charge in [-0.2, -0.15) is 0 Å². The monoisotopic (exact) mass is 410 g/mol. The van der Waals surface area contributed by atoms with Gasteiger partial charge in [-0.15, -0.1) is 0 Å². The fourth-order valence-electron chi connectivity index (χ4n) is 3.90. The van der Waals surface area contributed by atoms with Gasteiger partial charge in [0.2, 0.25) is 0 Å². The maximum Gasteiger partial charge on any atom is 0.191 e. The first-order valence-electron chi connectivity index (χ1n) is 10.5. The topological polar surface area (TPSA) is 75.2 Å². The van der Waals surface area contributed by atoms with E-state index in [4.69, 9.17) is 13.6 Å². The van der Waals surface area contributed by atoms with Crippen LogP contribution in [-0.4, -0.2) is 50.8 Å². The van der Waals surface area contributed by atoms with E-state index in [1.54, 1.807) is 7.05 Å². The van der Waals surface area contributed by atoms with Crippen molar-refractivity contribution in [3.63, 3.8) is 0 Å². The van der Waals surface area contributed by atoms with E-state index in [2.05, 4.69) is 39.6 Å². The lowest BCUT2D eigenvalue weighted by Crippen LogP contribution is -2.46. The van der Waals surface area contributed by atoms with E-state index < -0.39 is 0 Å². The summed E-state index contributed by atoms with van der Waals surface area (Å²) in [7, 11) is 1.78. The summed E-state index contributed by atoms with van der Waals surface area (Å²) in [4.78, 5) is 6.78. The van der Waals surface area contributed by atoms with Crippen molar-refractivity contribution in [2.75, 3.05) is 39.9 Å². The van der Waals surface area contributed by atoms with Crippen LogP contribution in [-0.2, 0) is 11.3 Å². The molecule has 30 heavy (non-hydrogen) atoms. The molecular formula is C23H30N4O3. The molecule has 1 aliphatic heterocycles. The van der Waals surface area contributed by atoms with Crippen molar-refractivity contribution >= 4 is 16.9 Å². The molecule has 0 radical (unpaired) electrons. The van der Waals surface area contributed by atoms with Gasteiger partial charge in [0.25, 0.3) is 0 Å². The fraction of sp³-hybridized carbons (Fsp3) is 0.435. The molecule has 7 nitrogen and oxygen atoms in total. The molecule has 1 unspecified atom stereocenters. The first-order valence-corrected chi connectivity index (χ1v) is 10.5. The second kappa shape index (κ2) is 9.36. The predicted molar refractivity (Wildman–Crippen MR) is 118 cm³/mol. The highest BCUT2D eigenvalue weighted by atomic mass is 16.5. The molecule has 0 aliphatic carbocycles. The van der Waals surface area contributed by atoms with Crippen LogP contribution in [0.15, 0.2) is 50.2 Å². The molecule has 7 heteroatoms. The van der Waals surface area contributed by atoms with Gasteiger partial charge in [-0.25, -0.2) is 0 Å². The van der Waals surface area contributed by atoms with Crippen molar-refractivity contribution in [2.45, 2.75) is 26.4 Å². The van der Waals surface area contributed by atoms with Gasteiger partial charge in [0.1, 0.15) is 22.9 Å². The first kappa shape index (κ1) is 20.5. The number of fused-ring (bicyclic) bond motifs is 1. The Bertz CT molecular complexity index is 1000. The van der Waals surface area contributed by atoms with Crippen LogP contribution in [0.25, 0.3) is 11.0 Å². The number of guanidine groups is 1. The van der Waals surface area contributed by atoms with Crippen LogP contribution in [0.1, 0.15) is 28.9 Å². The molecule has 2 aromatic heterocycles. The highest BCUT2D eigenvalue weighted by molar-refractivity contribution is 5.83. The number of furan rings is 2. The largest absolute Gasteiger partial charge is 0.465 e. The quantitative estimate of drug-likeness (QED) is 0.479. The van der Waals surface area contributed by atoms with Gasteiger partial charge in [-0.1, -0.05) is 18.2 Å². The highest BCUT2D eigenvalue weighted by Crippen LogP contribution is 2.25. The lowest BCUT2D eigenvalue weighted by atomic mass is 10.1. The van der Waals surface area contributed by atoms with E-state index in [1.807, 2.05) is 31.2 Å². The van der Waals surface area contributed by atoms with Crippen LogP contribution in [0.2, 0.25) is 0 Å². The third-order valence-corrected chi connectivity index (χ3v) is 5.62. The third kappa shape index (κ3) is 4.52. The molecule has 0 amide bonds. The summed E-state index contributed by atoms with van der Waals surface area (Å²) in [5.74, 6) is 3.54. The molecular weight excluding hydrogens is 380 g/mol. The molecule has 0 spiro atoms. The van der Waals surface area contributed by atoms with Gasteiger partial charge >= 0.3 is 0 Å². The summed E-state index contributed by atoms with van der Waals surface area (Å²) in [6.07, 6.45) is 0. The molecule has 2 N–H and O–H groups in total. The van der Waals surface area contributed by atoms with Gasteiger partial charge in [-0.3, -0.25) is 9.89 Å². The minimum Gasteiger partial charge on any atom is -0.465 e. The Kier molecular flexibility index (Phi) is 6.40. The molecule has 1 fully saturated rings. The summed E-state index contributed by atoms with van der Waals surface area (Å²) in [5, 5.41) is 7.98. The molecule has 1 aromatic carbocycles. The summed E-state index contributed by atoms with van der Waals surface area (Å²) in [6, 6.07) is 12.3. The van der Waals surface area contributed by atoms with E-state index in [-0.39, 0.29) is 6.04 Å². The molecule has 1 atom stereocenters. The molecule has 1 saturated heterocycles. The lowest BCUT2D eigenvalue weighted by Gasteiger charge is -2.33. The van der Waals surface area contributed by atoms with Crippen LogP contribution < -0.4 is 10.6 Å². The Balaban J connectivity index is 1.40. The Morgan fingerprint density at radius 1 is 1.07 bits per heavy atom. The van der Waals surface area contributed by atoms with Crippen molar-refractivity contribution in [3.8, 4) is 0 Å². The SMILES string of the molecule is CN=C(NCc1oc2ccccc2c1C)NCC(c1ccc(C)o1)N1CCOCC1. The van der Waals surface area contributed by atoms with Gasteiger partial charge in [-0.05, 0) is 32.0 Å². The van der Waals surface area contributed by atoms with Crippen LogP contribution in [0.4, 0.5) is 0 Å². The predicted octanol–water partition coefficient (Wildman–Crippen LogP) is 3.38. The van der Waals surface area contributed by atoms with Crippen LogP contribution >= 0.6 is 0 Å². The first-order chi connectivity index (χ1) is 14.7. The normalized spacial score (nSPS) is 16.7. The van der Waals surface area contributed by atoms with Crippen LogP contribution in [0.5, 0.6) is 0 Å². The highest BCUT2D eigenvalue weighted by Gasteiger charge is 2.25. The molecule has 0 saturated carbocycles. The Labute approximate surface area is 177 Å². The standard InChI is InChI=1S/C23H30N4O3/c1-16-8-9-21(29-16)19(27-10-12-28-13-11-27)14-25-23(24-3)26-15-22-17(2)18-6-4-5-7-20(18)30-22/h4-9,19H,10-15H2,1-3H3,(H2,24,25,26). The van der Waals surface area contributed by atoms with E-state index in [1.165, 1.54) is 0 Å². The number of morpholine rings is 1. The second-order valence-electron chi connectivity index (χ2n) is 7.57. The molecule has 4 rings (SSSR count). The van der Waals surface area contributed by atoms with Gasteiger partial charge in [0, 0.05) is 37.6 Å². The summed E-state index contributed by atoms with van der Waals surface area (Å²) >= 11 is 0. The molecule has 3 heterocycles. The smallest absolute Gasteiger partial charge is 0.191 e. The zero-order valence-electron chi connectivity index (χ0n) is 17.9. The fourth-order valence-corrected chi connectivity index (χ4v) is 3.90. The molecule has 3 aromatic rings. The maximum atomic E-state index is 6.00. The van der Waals surface area contributed by atoms with Crippen molar-refractivity contribution in [3.05, 3.63) is 59.2 Å². The Morgan fingerprint density at radius 2 is 1.87 bits per heavy atom. The maximum absolute atomic E-state index is 6.00. The van der Waals surface area contributed by atoms with E-state index >= 15 is 0 Å². The third-order valence-electron chi connectivity index (χ3n) is 5.62. The number of hydrogen-bond acceptors (Lipinski definition) is 5. The van der Waals surface area contributed by atoms with Crippen molar-refractivity contribution in [2.24, 2.45) is 4.99 Å². The number of nitrogens with one attached hydrogen (secondary N) is 2. The number of benzene rings is 1. The number of ether oxygens (including phenoxy) is 1. The zero-order chi connectivity index (χ0) is 20.9. The van der Waals surface area contributed by atoms with Crippen LogP contribution in [0, 0.1) is 13.8 Å². The molecule has 160 valence electrons. The van der Waals surface area contributed by atoms with Crippen LogP contribution in [0.3, 0.4) is 0 Å². The van der Waals surface area contributed by atoms with E-state index in [0.29, 0.717) is 13.1 Å². The average molecular weight is 411 g/mol. The number of para-hydroxylation sites is 1. The van der Waals surface area contributed by atoms with Crippen molar-refractivity contribution < 1.29 is 13.6 Å². The van der Waals surface area contributed by atoms with Crippen molar-refractivity contribution in [1.29, 1.82) is 0 Å². The number of nitrogens with zero attached hydrogens (tertiary/aromatic N) is 2. The lowest BCUT2D eigenvalue weighted by molar-refractivity contribution is 0.0124. The van der Waals surface area contributed by atoms with Crippen molar-refractivity contribution in [1.82, 2.24) is 15.5 Å². The number of hydrogen-bond donors (Lipinski definition) is 2. The van der Waals surface area contributed by atoms with Gasteiger partial charge in [0.05, 0.1) is 25.8 Å². The minimum absolute atomic E-state index is 0.120. The Morgan fingerprint density at radius 3 is 2.57 bits per heavy atom. The van der Waals surface area contributed by atoms with Gasteiger partial charge < -0.3 is 24.2 Å². The summed E-state index contributed by atoms with van der Waals surface area (Å²) in [6.45, 7) is 8.58. The van der Waals surface area contributed by atoms with Gasteiger partial charge in [0.15, 0.2) is 5.96 Å². The minimum atomic E-state index is 0.120. The number of aryl methyl sites for hydroxylation is 2.